The Morgan fingerprint density at radius 1 is 1.62 bits per heavy atom. The summed E-state index contributed by atoms with van der Waals surface area (Å²) in [5, 5.41) is 14.5. The Morgan fingerprint density at radius 3 is 3.00 bits per heavy atom. The van der Waals surface area contributed by atoms with E-state index in [2.05, 4.69) is 25.8 Å². The Bertz CT molecular complexity index is 712. The van der Waals surface area contributed by atoms with Gasteiger partial charge in [-0.3, -0.25) is 9.89 Å². The van der Waals surface area contributed by atoms with Crippen molar-refractivity contribution in [1.29, 1.82) is 0 Å². The van der Waals surface area contributed by atoms with Crippen LogP contribution < -0.4 is 5.43 Å². The smallest absolute Gasteiger partial charge is 0.281 e. The molecule has 0 spiro atoms. The zero-order chi connectivity index (χ0) is 15.0. The van der Waals surface area contributed by atoms with Gasteiger partial charge in [-0.15, -0.1) is 0 Å². The highest BCUT2D eigenvalue weighted by Crippen LogP contribution is 2.38. The summed E-state index contributed by atoms with van der Waals surface area (Å²) in [6.07, 6.45) is 3.49. The van der Waals surface area contributed by atoms with Crippen LogP contribution in [0.2, 0.25) is 0 Å². The molecule has 2 heterocycles. The SMILES string of the molecule is Cc1nn(C)c(F)c1C=NNC(=O)c1cc(C2CC2)[nH]n1. The number of carbonyl (C=O) groups is 1. The Hall–Kier alpha value is -2.51. The number of hydrazone groups is 1. The quantitative estimate of drug-likeness (QED) is 0.655. The fraction of sp³-hybridized carbons (Fsp3) is 0.385. The Morgan fingerprint density at radius 2 is 2.38 bits per heavy atom. The molecule has 3 rings (SSSR count). The van der Waals surface area contributed by atoms with Gasteiger partial charge in [0, 0.05) is 18.7 Å². The molecule has 7 nitrogen and oxygen atoms in total. The number of nitrogens with zero attached hydrogens (tertiary/aromatic N) is 4. The number of rotatable bonds is 4. The average molecular weight is 290 g/mol. The standard InChI is InChI=1S/C13H15FN6O/c1-7-9(12(14)20(2)19-7)6-15-18-13(21)11-5-10(16-17-11)8-3-4-8/h5-6,8H,3-4H2,1-2H3,(H,16,17)(H,18,21). The Labute approximate surface area is 120 Å². The fourth-order valence-electron chi connectivity index (χ4n) is 2.06. The maximum absolute atomic E-state index is 13.6. The molecule has 2 N–H and O–H groups in total. The molecule has 0 aliphatic heterocycles. The van der Waals surface area contributed by atoms with Crippen LogP contribution in [0.15, 0.2) is 11.2 Å². The van der Waals surface area contributed by atoms with E-state index in [1.165, 1.54) is 13.3 Å². The second kappa shape index (κ2) is 5.12. The van der Waals surface area contributed by atoms with Gasteiger partial charge >= 0.3 is 0 Å². The number of H-pyrrole nitrogens is 1. The lowest BCUT2D eigenvalue weighted by Crippen LogP contribution is -2.18. The summed E-state index contributed by atoms with van der Waals surface area (Å²) in [5.41, 5.74) is 4.33. The molecule has 21 heavy (non-hydrogen) atoms. The van der Waals surface area contributed by atoms with E-state index >= 15 is 0 Å². The number of hydrogen-bond acceptors (Lipinski definition) is 4. The first kappa shape index (κ1) is 13.5. The van der Waals surface area contributed by atoms with Gasteiger partial charge in [0.1, 0.15) is 0 Å². The molecule has 1 aliphatic carbocycles. The zero-order valence-corrected chi connectivity index (χ0v) is 11.7. The number of hydrogen-bond donors (Lipinski definition) is 2. The third-order valence-electron chi connectivity index (χ3n) is 3.40. The topological polar surface area (TPSA) is 88.0 Å². The molecule has 110 valence electrons. The molecule has 8 heteroatoms. The van der Waals surface area contributed by atoms with E-state index in [1.54, 1.807) is 13.0 Å². The third-order valence-corrected chi connectivity index (χ3v) is 3.40. The number of aromatic amines is 1. The molecule has 2 aromatic rings. The van der Waals surface area contributed by atoms with Gasteiger partial charge in [0.05, 0.1) is 17.5 Å². The number of carbonyl (C=O) groups excluding carboxylic acids is 1. The lowest BCUT2D eigenvalue weighted by molar-refractivity contribution is 0.0950. The minimum Gasteiger partial charge on any atom is -0.281 e. The van der Waals surface area contributed by atoms with Gasteiger partial charge in [-0.05, 0) is 25.8 Å². The molecule has 0 radical (unpaired) electrons. The normalized spacial score (nSPS) is 14.8. The molecule has 0 unspecified atom stereocenters. The van der Waals surface area contributed by atoms with E-state index in [4.69, 9.17) is 0 Å². The van der Waals surface area contributed by atoms with Crippen molar-refractivity contribution in [3.05, 3.63) is 34.7 Å². The summed E-state index contributed by atoms with van der Waals surface area (Å²) in [5.74, 6) is -0.438. The van der Waals surface area contributed by atoms with Crippen LogP contribution in [0, 0.1) is 12.9 Å². The summed E-state index contributed by atoms with van der Waals surface area (Å²) in [6, 6.07) is 1.72. The first-order valence-electron chi connectivity index (χ1n) is 6.64. The van der Waals surface area contributed by atoms with Gasteiger partial charge in [0.15, 0.2) is 5.69 Å². The molecule has 1 amide bonds. The highest BCUT2D eigenvalue weighted by molar-refractivity contribution is 5.93. The third kappa shape index (κ3) is 2.69. The lowest BCUT2D eigenvalue weighted by atomic mass is 10.2. The number of amides is 1. The molecular weight excluding hydrogens is 275 g/mol. The van der Waals surface area contributed by atoms with Gasteiger partial charge in [-0.2, -0.15) is 19.7 Å². The Balaban J connectivity index is 1.65. The molecule has 0 saturated heterocycles. The van der Waals surface area contributed by atoms with Crippen molar-refractivity contribution in [2.24, 2.45) is 12.1 Å². The maximum Gasteiger partial charge on any atom is 0.291 e. The van der Waals surface area contributed by atoms with Crippen LogP contribution in [0.4, 0.5) is 4.39 Å². The average Bonchev–Trinajstić information content (AvgIpc) is 3.13. The number of aromatic nitrogens is 4. The number of nitrogens with one attached hydrogen (secondary N) is 2. The first-order valence-corrected chi connectivity index (χ1v) is 6.64. The van der Waals surface area contributed by atoms with Crippen LogP contribution in [0.25, 0.3) is 0 Å². The van der Waals surface area contributed by atoms with Crippen LogP contribution in [-0.4, -0.2) is 32.1 Å². The van der Waals surface area contributed by atoms with Gasteiger partial charge in [0.25, 0.3) is 5.91 Å². The van der Waals surface area contributed by atoms with E-state index in [0.717, 1.165) is 23.2 Å². The van der Waals surface area contributed by atoms with Crippen molar-refractivity contribution < 1.29 is 9.18 Å². The van der Waals surface area contributed by atoms with Crippen molar-refractivity contribution in [2.45, 2.75) is 25.7 Å². The largest absolute Gasteiger partial charge is 0.291 e. The van der Waals surface area contributed by atoms with Crippen molar-refractivity contribution in [1.82, 2.24) is 25.4 Å². The first-order chi connectivity index (χ1) is 10.1. The molecule has 0 aromatic carbocycles. The van der Waals surface area contributed by atoms with Crippen molar-refractivity contribution in [3.63, 3.8) is 0 Å². The molecule has 1 saturated carbocycles. The van der Waals surface area contributed by atoms with E-state index < -0.39 is 11.9 Å². The second-order valence-electron chi connectivity index (χ2n) is 5.10. The summed E-state index contributed by atoms with van der Waals surface area (Å²) in [6.45, 7) is 1.67. The highest BCUT2D eigenvalue weighted by Gasteiger charge is 2.26. The minimum absolute atomic E-state index is 0.249. The van der Waals surface area contributed by atoms with Crippen LogP contribution in [0.3, 0.4) is 0 Å². The van der Waals surface area contributed by atoms with E-state index in [0.29, 0.717) is 11.6 Å². The van der Waals surface area contributed by atoms with Gasteiger partial charge in [0.2, 0.25) is 5.95 Å². The summed E-state index contributed by atoms with van der Waals surface area (Å²) < 4.78 is 14.8. The maximum atomic E-state index is 13.6. The monoisotopic (exact) mass is 290 g/mol. The van der Waals surface area contributed by atoms with Crippen LogP contribution in [0.1, 0.15) is 46.2 Å². The lowest BCUT2D eigenvalue weighted by Gasteiger charge is -1.94. The van der Waals surface area contributed by atoms with Gasteiger partial charge in [-0.1, -0.05) is 0 Å². The van der Waals surface area contributed by atoms with E-state index in [9.17, 15) is 9.18 Å². The van der Waals surface area contributed by atoms with E-state index in [-0.39, 0.29) is 11.3 Å². The van der Waals surface area contributed by atoms with Crippen LogP contribution in [0.5, 0.6) is 0 Å². The zero-order valence-electron chi connectivity index (χ0n) is 11.7. The number of aryl methyl sites for hydroxylation is 2. The molecular formula is C13H15FN6O. The predicted octanol–water partition coefficient (Wildman–Crippen LogP) is 1.23. The Kier molecular flexibility index (Phi) is 3.28. The predicted molar refractivity (Wildman–Crippen MR) is 73.5 cm³/mol. The number of halogens is 1. The highest BCUT2D eigenvalue weighted by atomic mass is 19.1. The summed E-state index contributed by atoms with van der Waals surface area (Å²) >= 11 is 0. The van der Waals surface area contributed by atoms with Crippen molar-refractivity contribution in [3.8, 4) is 0 Å². The molecule has 1 fully saturated rings. The summed E-state index contributed by atoms with van der Waals surface area (Å²) in [7, 11) is 1.50. The second-order valence-corrected chi connectivity index (χ2v) is 5.10. The van der Waals surface area contributed by atoms with Crippen molar-refractivity contribution >= 4 is 12.1 Å². The van der Waals surface area contributed by atoms with Crippen molar-refractivity contribution in [2.75, 3.05) is 0 Å². The minimum atomic E-state index is -0.499. The van der Waals surface area contributed by atoms with Crippen LogP contribution in [-0.2, 0) is 7.05 Å². The molecule has 2 aromatic heterocycles. The molecule has 0 bridgehead atoms. The fourth-order valence-corrected chi connectivity index (χ4v) is 2.06. The van der Waals surface area contributed by atoms with E-state index in [1.807, 2.05) is 0 Å². The molecule has 1 aliphatic rings. The van der Waals surface area contributed by atoms with Crippen LogP contribution >= 0.6 is 0 Å². The van der Waals surface area contributed by atoms with Gasteiger partial charge in [-0.25, -0.2) is 10.1 Å². The molecule has 0 atom stereocenters. The van der Waals surface area contributed by atoms with Gasteiger partial charge < -0.3 is 0 Å². The summed E-state index contributed by atoms with van der Waals surface area (Å²) in [4.78, 5) is 11.8.